The van der Waals surface area contributed by atoms with E-state index in [2.05, 4.69) is 0 Å². The van der Waals surface area contributed by atoms with Crippen molar-refractivity contribution in [2.24, 2.45) is 0 Å². The lowest BCUT2D eigenvalue weighted by Crippen LogP contribution is -2.10. The zero-order valence-electron chi connectivity index (χ0n) is 9.42. The number of hydrogen-bond donors (Lipinski definition) is 1. The van der Waals surface area contributed by atoms with Crippen LogP contribution in [0, 0.1) is 0 Å². The Morgan fingerprint density at radius 1 is 1.29 bits per heavy atom. The first-order valence-corrected chi connectivity index (χ1v) is 7.92. The van der Waals surface area contributed by atoms with Crippen molar-refractivity contribution in [3.63, 3.8) is 0 Å². The molecule has 4 nitrogen and oxygen atoms in total. The number of benzene rings is 1. The van der Waals surface area contributed by atoms with E-state index in [4.69, 9.17) is 5.11 Å². The monoisotopic (exact) mass is 274 g/mol. The SMILES string of the molecule is CCS(=O)(=O)CCSc1ccc(C(=O)O)cc1. The van der Waals surface area contributed by atoms with Crippen LogP contribution in [-0.4, -0.2) is 36.8 Å². The number of aromatic carboxylic acids is 1. The molecular weight excluding hydrogens is 260 g/mol. The van der Waals surface area contributed by atoms with Crippen molar-refractivity contribution in [3.05, 3.63) is 29.8 Å². The average Bonchev–Trinajstić information content (AvgIpc) is 2.29. The van der Waals surface area contributed by atoms with Gasteiger partial charge in [-0.2, -0.15) is 0 Å². The van der Waals surface area contributed by atoms with E-state index in [1.807, 2.05) is 0 Å². The van der Waals surface area contributed by atoms with Crippen molar-refractivity contribution in [3.8, 4) is 0 Å². The van der Waals surface area contributed by atoms with Crippen LogP contribution in [0.2, 0.25) is 0 Å². The van der Waals surface area contributed by atoms with Gasteiger partial charge in [-0.3, -0.25) is 0 Å². The van der Waals surface area contributed by atoms with Gasteiger partial charge in [0.05, 0.1) is 11.3 Å². The van der Waals surface area contributed by atoms with Crippen molar-refractivity contribution in [2.75, 3.05) is 17.3 Å². The second kappa shape index (κ2) is 6.07. The third kappa shape index (κ3) is 4.79. The fourth-order valence-corrected chi connectivity index (χ4v) is 3.33. The van der Waals surface area contributed by atoms with Crippen LogP contribution in [0.3, 0.4) is 0 Å². The fraction of sp³-hybridized carbons (Fsp3) is 0.364. The second-order valence-electron chi connectivity index (χ2n) is 3.41. The molecule has 0 atom stereocenters. The van der Waals surface area contributed by atoms with E-state index in [-0.39, 0.29) is 17.1 Å². The number of hydrogen-bond acceptors (Lipinski definition) is 4. The normalized spacial score (nSPS) is 11.4. The minimum atomic E-state index is -2.93. The highest BCUT2D eigenvalue weighted by Crippen LogP contribution is 2.18. The molecule has 6 heteroatoms. The summed E-state index contributed by atoms with van der Waals surface area (Å²) in [6.45, 7) is 1.63. The smallest absolute Gasteiger partial charge is 0.335 e. The lowest BCUT2D eigenvalue weighted by atomic mass is 10.2. The highest BCUT2D eigenvalue weighted by molar-refractivity contribution is 8.00. The summed E-state index contributed by atoms with van der Waals surface area (Å²) in [5.74, 6) is -0.168. The maximum absolute atomic E-state index is 11.2. The quantitative estimate of drug-likeness (QED) is 0.802. The third-order valence-electron chi connectivity index (χ3n) is 2.20. The lowest BCUT2D eigenvalue weighted by Gasteiger charge is -2.02. The Kier molecular flexibility index (Phi) is 5.02. The molecule has 0 aliphatic carbocycles. The molecule has 0 heterocycles. The first kappa shape index (κ1) is 14.1. The molecule has 0 bridgehead atoms. The van der Waals surface area contributed by atoms with Crippen molar-refractivity contribution >= 4 is 27.6 Å². The molecule has 1 aromatic carbocycles. The second-order valence-corrected chi connectivity index (χ2v) is 7.06. The molecule has 0 aliphatic heterocycles. The molecule has 0 aliphatic rings. The molecule has 1 aromatic rings. The third-order valence-corrected chi connectivity index (χ3v) is 5.18. The van der Waals surface area contributed by atoms with Gasteiger partial charge in [0.2, 0.25) is 0 Å². The van der Waals surface area contributed by atoms with Crippen LogP contribution in [-0.2, 0) is 9.84 Å². The molecule has 17 heavy (non-hydrogen) atoms. The Morgan fingerprint density at radius 2 is 1.88 bits per heavy atom. The first-order chi connectivity index (χ1) is 7.94. The van der Waals surface area contributed by atoms with Crippen molar-refractivity contribution in [1.29, 1.82) is 0 Å². The van der Waals surface area contributed by atoms with Crippen molar-refractivity contribution in [1.82, 2.24) is 0 Å². The highest BCUT2D eigenvalue weighted by Gasteiger charge is 2.07. The minimum Gasteiger partial charge on any atom is -0.478 e. The molecule has 0 saturated heterocycles. The molecule has 0 spiro atoms. The van der Waals surface area contributed by atoms with Gasteiger partial charge < -0.3 is 5.11 Å². The maximum Gasteiger partial charge on any atom is 0.335 e. The van der Waals surface area contributed by atoms with Gasteiger partial charge >= 0.3 is 5.97 Å². The summed E-state index contributed by atoms with van der Waals surface area (Å²) in [5.41, 5.74) is 0.232. The first-order valence-electron chi connectivity index (χ1n) is 5.11. The Labute approximate surface area is 105 Å². The van der Waals surface area contributed by atoms with Crippen molar-refractivity contribution in [2.45, 2.75) is 11.8 Å². The van der Waals surface area contributed by atoms with E-state index < -0.39 is 15.8 Å². The predicted molar refractivity (Wildman–Crippen MR) is 68.5 cm³/mol. The topological polar surface area (TPSA) is 71.4 Å². The summed E-state index contributed by atoms with van der Waals surface area (Å²) >= 11 is 1.41. The summed E-state index contributed by atoms with van der Waals surface area (Å²) in [6, 6.07) is 6.40. The summed E-state index contributed by atoms with van der Waals surface area (Å²) in [5, 5.41) is 8.70. The van der Waals surface area contributed by atoms with Crippen LogP contribution in [0.1, 0.15) is 17.3 Å². The number of carbonyl (C=O) groups is 1. The van der Waals surface area contributed by atoms with E-state index in [0.29, 0.717) is 5.75 Å². The van der Waals surface area contributed by atoms with Gasteiger partial charge in [0, 0.05) is 16.4 Å². The fourth-order valence-electron chi connectivity index (χ4n) is 1.12. The Morgan fingerprint density at radius 3 is 2.35 bits per heavy atom. The summed E-state index contributed by atoms with van der Waals surface area (Å²) < 4.78 is 22.5. The summed E-state index contributed by atoms with van der Waals surface area (Å²) in [6.07, 6.45) is 0. The molecule has 1 rings (SSSR count). The number of carboxylic acid groups (broad SMARTS) is 1. The lowest BCUT2D eigenvalue weighted by molar-refractivity contribution is 0.0697. The standard InChI is InChI=1S/C11H14O4S2/c1-2-17(14,15)8-7-16-10-5-3-9(4-6-10)11(12)13/h3-6H,2,7-8H2,1H3,(H,12,13). The van der Waals surface area contributed by atoms with E-state index in [0.717, 1.165) is 4.90 Å². The number of rotatable bonds is 6. The van der Waals surface area contributed by atoms with Crippen LogP contribution in [0.4, 0.5) is 0 Å². The van der Waals surface area contributed by atoms with Crippen LogP contribution in [0.25, 0.3) is 0 Å². The Hall–Kier alpha value is -1.01. The van der Waals surface area contributed by atoms with Gasteiger partial charge in [-0.1, -0.05) is 6.92 Å². The van der Waals surface area contributed by atoms with Gasteiger partial charge in [0.1, 0.15) is 0 Å². The van der Waals surface area contributed by atoms with Gasteiger partial charge in [0.25, 0.3) is 0 Å². The number of carboxylic acids is 1. The van der Waals surface area contributed by atoms with E-state index >= 15 is 0 Å². The zero-order valence-corrected chi connectivity index (χ0v) is 11.1. The molecule has 0 saturated carbocycles. The van der Waals surface area contributed by atoms with E-state index in [1.165, 1.54) is 23.9 Å². The van der Waals surface area contributed by atoms with Gasteiger partial charge in [-0.25, -0.2) is 13.2 Å². The zero-order chi connectivity index (χ0) is 12.9. The molecule has 0 unspecified atom stereocenters. The van der Waals surface area contributed by atoms with Gasteiger partial charge in [-0.15, -0.1) is 11.8 Å². The van der Waals surface area contributed by atoms with Crippen LogP contribution >= 0.6 is 11.8 Å². The summed E-state index contributed by atoms with van der Waals surface area (Å²) in [4.78, 5) is 11.5. The molecule has 0 amide bonds. The summed E-state index contributed by atoms with van der Waals surface area (Å²) in [7, 11) is -2.93. The van der Waals surface area contributed by atoms with E-state index in [1.54, 1.807) is 19.1 Å². The maximum atomic E-state index is 11.2. The molecule has 0 fully saturated rings. The van der Waals surface area contributed by atoms with Gasteiger partial charge in [0.15, 0.2) is 9.84 Å². The molecule has 0 aromatic heterocycles. The Bertz CT molecular complexity index is 477. The number of sulfone groups is 1. The predicted octanol–water partition coefficient (Wildman–Crippen LogP) is 1.91. The minimum absolute atomic E-state index is 0.148. The van der Waals surface area contributed by atoms with Gasteiger partial charge in [-0.05, 0) is 24.3 Å². The molecular formula is C11H14O4S2. The van der Waals surface area contributed by atoms with Crippen LogP contribution in [0.5, 0.6) is 0 Å². The molecule has 94 valence electrons. The van der Waals surface area contributed by atoms with E-state index in [9.17, 15) is 13.2 Å². The molecule has 0 radical (unpaired) electrons. The van der Waals surface area contributed by atoms with Crippen molar-refractivity contribution < 1.29 is 18.3 Å². The largest absolute Gasteiger partial charge is 0.478 e. The van der Waals surface area contributed by atoms with Crippen LogP contribution in [0.15, 0.2) is 29.2 Å². The molecule has 1 N–H and O–H groups in total. The van der Waals surface area contributed by atoms with Crippen LogP contribution < -0.4 is 0 Å². The highest BCUT2D eigenvalue weighted by atomic mass is 32.2. The Balaban J connectivity index is 2.51. The number of thioether (sulfide) groups is 1. The average molecular weight is 274 g/mol.